The topological polar surface area (TPSA) is 20.3 Å². The first-order valence-electron chi connectivity index (χ1n) is 5.30. The molecule has 0 aromatic heterocycles. The van der Waals surface area contributed by atoms with Gasteiger partial charge in [0.15, 0.2) is 0 Å². The summed E-state index contributed by atoms with van der Waals surface area (Å²) in [6.07, 6.45) is 3.54. The Morgan fingerprint density at radius 2 is 2.00 bits per heavy atom. The van der Waals surface area contributed by atoms with Crippen molar-refractivity contribution >= 4 is 5.91 Å². The molecule has 1 saturated carbocycles. The van der Waals surface area contributed by atoms with Gasteiger partial charge in [-0.15, -0.1) is 0 Å². The van der Waals surface area contributed by atoms with Crippen molar-refractivity contribution in [3.63, 3.8) is 0 Å². The second kappa shape index (κ2) is 4.12. The first-order chi connectivity index (χ1) is 6.04. The van der Waals surface area contributed by atoms with Gasteiger partial charge >= 0.3 is 0 Å². The Kier molecular flexibility index (Phi) is 3.34. The van der Waals surface area contributed by atoms with Crippen molar-refractivity contribution < 1.29 is 4.79 Å². The van der Waals surface area contributed by atoms with Crippen LogP contribution in [0.2, 0.25) is 0 Å². The zero-order chi connectivity index (χ0) is 10.0. The summed E-state index contributed by atoms with van der Waals surface area (Å²) in [5, 5.41) is 0. The monoisotopic (exact) mass is 183 g/mol. The summed E-state index contributed by atoms with van der Waals surface area (Å²) in [5.41, 5.74) is 0. The number of amides is 1. The van der Waals surface area contributed by atoms with E-state index in [9.17, 15) is 4.79 Å². The molecule has 2 atom stereocenters. The summed E-state index contributed by atoms with van der Waals surface area (Å²) < 4.78 is 0. The van der Waals surface area contributed by atoms with Crippen molar-refractivity contribution in [3.8, 4) is 0 Å². The van der Waals surface area contributed by atoms with Gasteiger partial charge in [-0.3, -0.25) is 4.79 Å². The Balaban J connectivity index is 2.56. The van der Waals surface area contributed by atoms with Crippen LogP contribution >= 0.6 is 0 Å². The van der Waals surface area contributed by atoms with Crippen LogP contribution in [0.3, 0.4) is 0 Å². The number of hydrogen-bond donors (Lipinski definition) is 0. The molecule has 2 heteroatoms. The van der Waals surface area contributed by atoms with Gasteiger partial charge in [-0.05, 0) is 32.6 Å². The van der Waals surface area contributed by atoms with E-state index in [2.05, 4.69) is 20.8 Å². The second-order valence-corrected chi connectivity index (χ2v) is 4.56. The van der Waals surface area contributed by atoms with Crippen LogP contribution in [0.4, 0.5) is 0 Å². The molecule has 0 radical (unpaired) electrons. The van der Waals surface area contributed by atoms with Gasteiger partial charge in [0.25, 0.3) is 0 Å². The fraction of sp³-hybridized carbons (Fsp3) is 0.909. The van der Waals surface area contributed by atoms with Crippen LogP contribution in [-0.2, 0) is 4.79 Å². The molecule has 0 heterocycles. The van der Waals surface area contributed by atoms with Crippen molar-refractivity contribution in [2.24, 2.45) is 11.8 Å². The Labute approximate surface area is 81.3 Å². The average molecular weight is 183 g/mol. The summed E-state index contributed by atoms with van der Waals surface area (Å²) in [4.78, 5) is 13.8. The zero-order valence-corrected chi connectivity index (χ0v) is 9.21. The van der Waals surface area contributed by atoms with Crippen LogP contribution in [0, 0.1) is 11.8 Å². The van der Waals surface area contributed by atoms with Gasteiger partial charge in [0.05, 0.1) is 0 Å². The van der Waals surface area contributed by atoms with Gasteiger partial charge in [-0.1, -0.05) is 13.3 Å². The van der Waals surface area contributed by atoms with E-state index in [0.717, 1.165) is 6.42 Å². The van der Waals surface area contributed by atoms with Crippen LogP contribution in [0.1, 0.15) is 40.0 Å². The predicted molar refractivity (Wildman–Crippen MR) is 54.4 cm³/mol. The summed E-state index contributed by atoms with van der Waals surface area (Å²) in [7, 11) is 1.91. The Morgan fingerprint density at radius 3 is 2.38 bits per heavy atom. The molecule has 1 amide bonds. The second-order valence-electron chi connectivity index (χ2n) is 4.56. The van der Waals surface area contributed by atoms with Crippen molar-refractivity contribution in [1.29, 1.82) is 0 Å². The van der Waals surface area contributed by atoms with E-state index in [1.807, 2.05) is 11.9 Å². The number of rotatable bonds is 2. The van der Waals surface area contributed by atoms with Crippen LogP contribution < -0.4 is 0 Å². The standard InChI is InChI=1S/C11H21NO/c1-8(2)12(4)11(13)10-7-5-6-9(10)3/h8-10H,5-7H2,1-4H3. The van der Waals surface area contributed by atoms with Crippen LogP contribution in [-0.4, -0.2) is 23.9 Å². The molecule has 1 fully saturated rings. The van der Waals surface area contributed by atoms with E-state index in [0.29, 0.717) is 23.8 Å². The summed E-state index contributed by atoms with van der Waals surface area (Å²) in [5.74, 6) is 1.24. The fourth-order valence-corrected chi connectivity index (χ4v) is 2.03. The van der Waals surface area contributed by atoms with E-state index in [1.165, 1.54) is 12.8 Å². The van der Waals surface area contributed by atoms with Crippen molar-refractivity contribution in [2.45, 2.75) is 46.1 Å². The first-order valence-corrected chi connectivity index (χ1v) is 5.30. The highest BCUT2D eigenvalue weighted by molar-refractivity contribution is 5.79. The highest BCUT2D eigenvalue weighted by Crippen LogP contribution is 2.32. The lowest BCUT2D eigenvalue weighted by Crippen LogP contribution is -2.38. The van der Waals surface area contributed by atoms with Crippen LogP contribution in [0.15, 0.2) is 0 Å². The number of carbonyl (C=O) groups is 1. The Bertz CT molecular complexity index is 189. The molecule has 76 valence electrons. The smallest absolute Gasteiger partial charge is 0.225 e. The molecular weight excluding hydrogens is 162 g/mol. The van der Waals surface area contributed by atoms with Gasteiger partial charge < -0.3 is 4.90 Å². The van der Waals surface area contributed by atoms with Gasteiger partial charge in [0.2, 0.25) is 5.91 Å². The van der Waals surface area contributed by atoms with Crippen LogP contribution in [0.5, 0.6) is 0 Å². The Hall–Kier alpha value is -0.530. The minimum atomic E-state index is 0.299. The molecule has 2 unspecified atom stereocenters. The lowest BCUT2D eigenvalue weighted by molar-refractivity contribution is -0.136. The van der Waals surface area contributed by atoms with Gasteiger partial charge in [0, 0.05) is 19.0 Å². The normalized spacial score (nSPS) is 28.1. The molecule has 13 heavy (non-hydrogen) atoms. The minimum absolute atomic E-state index is 0.299. The number of carbonyl (C=O) groups excluding carboxylic acids is 1. The van der Waals surface area contributed by atoms with Gasteiger partial charge in [0.1, 0.15) is 0 Å². The summed E-state index contributed by atoms with van der Waals surface area (Å²) in [6, 6.07) is 0.334. The summed E-state index contributed by atoms with van der Waals surface area (Å²) in [6.45, 7) is 6.33. The molecule has 0 aliphatic heterocycles. The minimum Gasteiger partial charge on any atom is -0.343 e. The lowest BCUT2D eigenvalue weighted by atomic mass is 9.96. The summed E-state index contributed by atoms with van der Waals surface area (Å²) >= 11 is 0. The van der Waals surface area contributed by atoms with E-state index in [1.54, 1.807) is 0 Å². The zero-order valence-electron chi connectivity index (χ0n) is 9.21. The van der Waals surface area contributed by atoms with Crippen molar-refractivity contribution in [1.82, 2.24) is 4.90 Å². The molecular formula is C11H21NO. The molecule has 0 N–H and O–H groups in total. The maximum atomic E-state index is 11.9. The van der Waals surface area contributed by atoms with Gasteiger partial charge in [-0.2, -0.15) is 0 Å². The van der Waals surface area contributed by atoms with E-state index in [4.69, 9.17) is 0 Å². The third-order valence-corrected chi connectivity index (χ3v) is 3.30. The quantitative estimate of drug-likeness (QED) is 0.643. The molecule has 2 nitrogen and oxygen atoms in total. The van der Waals surface area contributed by atoms with E-state index >= 15 is 0 Å². The largest absolute Gasteiger partial charge is 0.343 e. The fourth-order valence-electron chi connectivity index (χ4n) is 2.03. The molecule has 0 aromatic rings. The third-order valence-electron chi connectivity index (χ3n) is 3.30. The predicted octanol–water partition coefficient (Wildman–Crippen LogP) is 2.29. The highest BCUT2D eigenvalue weighted by atomic mass is 16.2. The Morgan fingerprint density at radius 1 is 1.38 bits per heavy atom. The molecule has 0 saturated heterocycles. The number of nitrogens with zero attached hydrogens (tertiary/aromatic N) is 1. The van der Waals surface area contributed by atoms with Gasteiger partial charge in [-0.25, -0.2) is 0 Å². The van der Waals surface area contributed by atoms with Crippen molar-refractivity contribution in [3.05, 3.63) is 0 Å². The molecule has 1 rings (SSSR count). The number of hydrogen-bond acceptors (Lipinski definition) is 1. The maximum absolute atomic E-state index is 11.9. The molecule has 1 aliphatic rings. The molecule has 0 bridgehead atoms. The van der Waals surface area contributed by atoms with E-state index < -0.39 is 0 Å². The molecule has 1 aliphatic carbocycles. The molecule has 0 aromatic carbocycles. The van der Waals surface area contributed by atoms with Crippen LogP contribution in [0.25, 0.3) is 0 Å². The first kappa shape index (κ1) is 10.6. The average Bonchev–Trinajstić information content (AvgIpc) is 2.48. The van der Waals surface area contributed by atoms with E-state index in [-0.39, 0.29) is 0 Å². The molecule has 0 spiro atoms. The van der Waals surface area contributed by atoms with Crippen molar-refractivity contribution in [2.75, 3.05) is 7.05 Å². The highest BCUT2D eigenvalue weighted by Gasteiger charge is 2.32. The SMILES string of the molecule is CC1CCCC1C(=O)N(C)C(C)C. The third kappa shape index (κ3) is 2.23. The lowest BCUT2D eigenvalue weighted by Gasteiger charge is -2.26. The maximum Gasteiger partial charge on any atom is 0.225 e.